The standard InChI is InChI=1S/C31H18N2O2/c1-3-12-26-21(10-1)24-17-23(30-29(31(24)34-26)22-11-2-4-13-27(22)35-30)19-8-7-9-20(16-19)25-18-33-15-6-5-14-28(33)32-25/h1-18H. The molecule has 164 valence electrons. The molecular weight excluding hydrogens is 432 g/mol. The average Bonchev–Trinajstić information content (AvgIpc) is 3.61. The van der Waals surface area contributed by atoms with E-state index >= 15 is 0 Å². The van der Waals surface area contributed by atoms with Crippen LogP contribution in [0.5, 0.6) is 0 Å². The van der Waals surface area contributed by atoms with Crippen LogP contribution in [0, 0.1) is 0 Å². The number of hydrogen-bond acceptors (Lipinski definition) is 3. The molecule has 0 unspecified atom stereocenters. The van der Waals surface area contributed by atoms with Crippen LogP contribution in [0.2, 0.25) is 0 Å². The molecule has 0 aliphatic rings. The maximum absolute atomic E-state index is 6.46. The first-order valence-electron chi connectivity index (χ1n) is 11.6. The summed E-state index contributed by atoms with van der Waals surface area (Å²) >= 11 is 0. The maximum atomic E-state index is 6.46. The summed E-state index contributed by atoms with van der Waals surface area (Å²) in [6.07, 6.45) is 4.09. The van der Waals surface area contributed by atoms with Crippen LogP contribution in [-0.4, -0.2) is 9.38 Å². The molecule has 4 heterocycles. The number of aromatic nitrogens is 2. The third kappa shape index (κ3) is 2.65. The smallest absolute Gasteiger partial charge is 0.147 e. The highest BCUT2D eigenvalue weighted by atomic mass is 16.3. The van der Waals surface area contributed by atoms with Gasteiger partial charge < -0.3 is 13.2 Å². The Morgan fingerprint density at radius 1 is 0.600 bits per heavy atom. The van der Waals surface area contributed by atoms with E-state index in [1.54, 1.807) is 0 Å². The molecule has 0 saturated carbocycles. The predicted octanol–water partition coefficient (Wildman–Crippen LogP) is 8.47. The predicted molar refractivity (Wildman–Crippen MR) is 141 cm³/mol. The first kappa shape index (κ1) is 18.6. The molecule has 0 atom stereocenters. The van der Waals surface area contributed by atoms with Crippen LogP contribution in [0.1, 0.15) is 0 Å². The lowest BCUT2D eigenvalue weighted by atomic mass is 9.97. The van der Waals surface area contributed by atoms with Crippen molar-refractivity contribution in [1.82, 2.24) is 9.38 Å². The zero-order chi connectivity index (χ0) is 22.9. The van der Waals surface area contributed by atoms with Crippen molar-refractivity contribution in [3.05, 3.63) is 109 Å². The van der Waals surface area contributed by atoms with Crippen LogP contribution in [0.4, 0.5) is 0 Å². The van der Waals surface area contributed by atoms with Crippen molar-refractivity contribution in [2.45, 2.75) is 0 Å². The number of furan rings is 2. The van der Waals surface area contributed by atoms with Crippen LogP contribution < -0.4 is 0 Å². The lowest BCUT2D eigenvalue weighted by molar-refractivity contribution is 0.663. The normalized spacial score (nSPS) is 12.0. The second kappa shape index (κ2) is 6.84. The zero-order valence-corrected chi connectivity index (χ0v) is 18.6. The summed E-state index contributed by atoms with van der Waals surface area (Å²) in [6, 6.07) is 33.1. The third-order valence-electron chi connectivity index (χ3n) is 6.82. The molecule has 4 nitrogen and oxygen atoms in total. The monoisotopic (exact) mass is 450 g/mol. The van der Waals surface area contributed by atoms with Crippen LogP contribution in [-0.2, 0) is 0 Å². The number of para-hydroxylation sites is 2. The van der Waals surface area contributed by atoms with Gasteiger partial charge in [-0.2, -0.15) is 0 Å². The van der Waals surface area contributed by atoms with Gasteiger partial charge in [-0.25, -0.2) is 4.98 Å². The van der Waals surface area contributed by atoms with Crippen molar-refractivity contribution >= 4 is 49.5 Å². The number of imidazole rings is 1. The largest absolute Gasteiger partial charge is 0.455 e. The maximum Gasteiger partial charge on any atom is 0.147 e. The van der Waals surface area contributed by atoms with Crippen molar-refractivity contribution in [2.24, 2.45) is 0 Å². The summed E-state index contributed by atoms with van der Waals surface area (Å²) in [6.45, 7) is 0. The van der Waals surface area contributed by atoms with Crippen LogP contribution >= 0.6 is 0 Å². The fourth-order valence-corrected chi connectivity index (χ4v) is 5.20. The van der Waals surface area contributed by atoms with Crippen molar-refractivity contribution in [2.75, 3.05) is 0 Å². The molecule has 4 heteroatoms. The molecule has 35 heavy (non-hydrogen) atoms. The molecular formula is C31H18N2O2. The second-order valence-corrected chi connectivity index (χ2v) is 8.87. The molecule has 0 amide bonds. The molecule has 0 aliphatic heterocycles. The second-order valence-electron chi connectivity index (χ2n) is 8.87. The number of hydrogen-bond donors (Lipinski definition) is 0. The Bertz CT molecular complexity index is 2040. The summed E-state index contributed by atoms with van der Waals surface area (Å²) in [5, 5.41) is 4.27. The van der Waals surface area contributed by atoms with E-state index < -0.39 is 0 Å². The minimum Gasteiger partial charge on any atom is -0.455 e. The first-order valence-corrected chi connectivity index (χ1v) is 11.6. The van der Waals surface area contributed by atoms with Gasteiger partial charge in [0.25, 0.3) is 0 Å². The Morgan fingerprint density at radius 3 is 2.23 bits per heavy atom. The summed E-state index contributed by atoms with van der Waals surface area (Å²) in [5.74, 6) is 0. The van der Waals surface area contributed by atoms with Crippen molar-refractivity contribution < 1.29 is 8.83 Å². The third-order valence-corrected chi connectivity index (χ3v) is 6.82. The molecule has 4 aromatic heterocycles. The molecule has 0 radical (unpaired) electrons. The molecule has 0 N–H and O–H groups in total. The fourth-order valence-electron chi connectivity index (χ4n) is 5.20. The molecule has 4 aromatic carbocycles. The highest BCUT2D eigenvalue weighted by Crippen LogP contribution is 2.44. The first-order chi connectivity index (χ1) is 17.3. The van der Waals surface area contributed by atoms with Gasteiger partial charge in [0.05, 0.1) is 11.1 Å². The van der Waals surface area contributed by atoms with Gasteiger partial charge in [-0.05, 0) is 42.0 Å². The minimum atomic E-state index is 0.838. The number of nitrogens with zero attached hydrogens (tertiary/aromatic N) is 2. The van der Waals surface area contributed by atoms with Gasteiger partial charge in [0.1, 0.15) is 28.0 Å². The van der Waals surface area contributed by atoms with Crippen molar-refractivity contribution in [3.63, 3.8) is 0 Å². The van der Waals surface area contributed by atoms with Gasteiger partial charge in [0.15, 0.2) is 0 Å². The van der Waals surface area contributed by atoms with Gasteiger partial charge in [0.2, 0.25) is 0 Å². The van der Waals surface area contributed by atoms with Crippen LogP contribution in [0.25, 0.3) is 71.9 Å². The highest BCUT2D eigenvalue weighted by molar-refractivity contribution is 6.25. The Hall–Kier alpha value is -4.83. The van der Waals surface area contributed by atoms with E-state index in [1.165, 1.54) is 0 Å². The number of rotatable bonds is 2. The molecule has 8 rings (SSSR count). The zero-order valence-electron chi connectivity index (χ0n) is 18.6. The number of fused-ring (bicyclic) bond motifs is 8. The lowest BCUT2D eigenvalue weighted by Gasteiger charge is -2.06. The van der Waals surface area contributed by atoms with E-state index in [1.807, 2.05) is 59.1 Å². The van der Waals surface area contributed by atoms with E-state index in [-0.39, 0.29) is 0 Å². The molecule has 0 bridgehead atoms. The van der Waals surface area contributed by atoms with Crippen LogP contribution in [0.15, 0.2) is 118 Å². The van der Waals surface area contributed by atoms with Gasteiger partial charge in [0, 0.05) is 39.7 Å². The van der Waals surface area contributed by atoms with E-state index in [0.717, 1.165) is 71.9 Å². The fraction of sp³-hybridized carbons (Fsp3) is 0. The topological polar surface area (TPSA) is 43.6 Å². The Kier molecular flexibility index (Phi) is 3.63. The summed E-state index contributed by atoms with van der Waals surface area (Å²) < 4.78 is 14.9. The van der Waals surface area contributed by atoms with Crippen molar-refractivity contribution in [3.8, 4) is 22.4 Å². The molecule has 0 spiro atoms. The Morgan fingerprint density at radius 2 is 1.34 bits per heavy atom. The summed E-state index contributed by atoms with van der Waals surface area (Å²) in [4.78, 5) is 4.82. The van der Waals surface area contributed by atoms with Crippen molar-refractivity contribution in [1.29, 1.82) is 0 Å². The summed E-state index contributed by atoms with van der Waals surface area (Å²) in [5.41, 5.74) is 8.49. The van der Waals surface area contributed by atoms with Crippen LogP contribution in [0.3, 0.4) is 0 Å². The quantitative estimate of drug-likeness (QED) is 0.265. The number of pyridine rings is 1. The van der Waals surface area contributed by atoms with Gasteiger partial charge >= 0.3 is 0 Å². The Balaban J connectivity index is 1.45. The molecule has 0 fully saturated rings. The SMILES string of the molecule is c1cc(-c2cn3ccccc3n2)cc(-c2cc3c4ccccc4oc3c3c2oc2ccccc23)c1. The van der Waals surface area contributed by atoms with Gasteiger partial charge in [-0.3, -0.25) is 0 Å². The average molecular weight is 450 g/mol. The van der Waals surface area contributed by atoms with E-state index in [2.05, 4.69) is 54.7 Å². The molecule has 8 aromatic rings. The molecule has 0 aliphatic carbocycles. The van der Waals surface area contributed by atoms with E-state index in [9.17, 15) is 0 Å². The molecule has 0 saturated heterocycles. The Labute approximate surface area is 199 Å². The lowest BCUT2D eigenvalue weighted by Crippen LogP contribution is -1.83. The highest BCUT2D eigenvalue weighted by Gasteiger charge is 2.20. The summed E-state index contributed by atoms with van der Waals surface area (Å²) in [7, 11) is 0. The number of benzene rings is 4. The minimum absolute atomic E-state index is 0.838. The van der Waals surface area contributed by atoms with Gasteiger partial charge in [-0.1, -0.05) is 60.7 Å². The van der Waals surface area contributed by atoms with E-state index in [0.29, 0.717) is 0 Å². The van der Waals surface area contributed by atoms with E-state index in [4.69, 9.17) is 13.8 Å². The van der Waals surface area contributed by atoms with Gasteiger partial charge in [-0.15, -0.1) is 0 Å².